The quantitative estimate of drug-likeness (QED) is 0.570. The molecule has 146 valence electrons. The Labute approximate surface area is 166 Å². The lowest BCUT2D eigenvalue weighted by Crippen LogP contribution is -2.18. The number of rotatable bonds is 6. The number of nitrogens with zero attached hydrogens (tertiary/aromatic N) is 1. The predicted molar refractivity (Wildman–Crippen MR) is 104 cm³/mol. The van der Waals surface area contributed by atoms with Gasteiger partial charge in [-0.15, -0.1) is 0 Å². The number of para-hydroxylation sites is 2. The number of nitrogens with one attached hydrogen (secondary N) is 2. The summed E-state index contributed by atoms with van der Waals surface area (Å²) in [6.45, 7) is 0. The monoisotopic (exact) mass is 441 g/mol. The molecule has 28 heavy (non-hydrogen) atoms. The van der Waals surface area contributed by atoms with Crippen molar-refractivity contribution in [3.05, 3.63) is 77.8 Å². The van der Waals surface area contributed by atoms with Crippen molar-refractivity contribution >= 4 is 43.0 Å². The molecule has 2 N–H and O–H groups in total. The molecule has 0 saturated heterocycles. The lowest BCUT2D eigenvalue weighted by atomic mass is 10.3. The third-order valence-electron chi connectivity index (χ3n) is 3.55. The Hall–Kier alpha value is -2.69. The summed E-state index contributed by atoms with van der Waals surface area (Å²) in [6, 6.07) is 12.7. The Kier molecular flexibility index (Phi) is 5.54. The van der Waals surface area contributed by atoms with Gasteiger partial charge in [-0.2, -0.15) is 0 Å². The van der Waals surface area contributed by atoms with Crippen molar-refractivity contribution < 1.29 is 21.2 Å². The Morgan fingerprint density at radius 3 is 1.93 bits per heavy atom. The number of halogens is 2. The summed E-state index contributed by atoms with van der Waals surface area (Å²) in [4.78, 5) is 3.28. The molecule has 1 heterocycles. The van der Waals surface area contributed by atoms with Gasteiger partial charge in [-0.25, -0.2) is 26.2 Å². The van der Waals surface area contributed by atoms with E-state index in [0.717, 1.165) is 24.3 Å². The molecule has 0 aliphatic heterocycles. The first kappa shape index (κ1) is 20.1. The standard InChI is InChI=1S/C17H13ClFN3O4S2/c18-17-16(6-3-11-20-17)28(25,26)22-15-5-2-1-4-14(15)21-27(23,24)13-9-7-12(19)8-10-13/h1-11,21-22H. The normalized spacial score (nSPS) is 11.8. The highest BCUT2D eigenvalue weighted by atomic mass is 35.5. The van der Waals surface area contributed by atoms with E-state index in [0.29, 0.717) is 0 Å². The second-order valence-corrected chi connectivity index (χ2v) is 9.19. The van der Waals surface area contributed by atoms with Gasteiger partial charge in [0.15, 0.2) is 0 Å². The highest BCUT2D eigenvalue weighted by Crippen LogP contribution is 2.28. The molecule has 0 saturated carbocycles. The van der Waals surface area contributed by atoms with Crippen molar-refractivity contribution in [1.82, 2.24) is 4.98 Å². The maximum absolute atomic E-state index is 13.0. The first-order valence-electron chi connectivity index (χ1n) is 7.70. The molecule has 1 aromatic heterocycles. The summed E-state index contributed by atoms with van der Waals surface area (Å²) in [5.41, 5.74) is -0.0384. The minimum absolute atomic E-state index is 0.0181. The second kappa shape index (κ2) is 7.74. The van der Waals surface area contributed by atoms with Crippen molar-refractivity contribution in [1.29, 1.82) is 0 Å². The van der Waals surface area contributed by atoms with Crippen LogP contribution in [0, 0.1) is 5.82 Å². The Morgan fingerprint density at radius 1 is 0.786 bits per heavy atom. The second-order valence-electron chi connectivity index (χ2n) is 5.50. The molecule has 0 atom stereocenters. The molecular formula is C17H13ClFN3O4S2. The van der Waals surface area contributed by atoms with Crippen LogP contribution < -0.4 is 9.44 Å². The average Bonchev–Trinajstić information content (AvgIpc) is 2.63. The first-order valence-corrected chi connectivity index (χ1v) is 11.0. The topological polar surface area (TPSA) is 105 Å². The van der Waals surface area contributed by atoms with Gasteiger partial charge in [-0.3, -0.25) is 9.44 Å². The van der Waals surface area contributed by atoms with Crippen LogP contribution in [-0.2, 0) is 20.0 Å². The van der Waals surface area contributed by atoms with Gasteiger partial charge < -0.3 is 0 Å². The third-order valence-corrected chi connectivity index (χ3v) is 6.75. The van der Waals surface area contributed by atoms with E-state index in [1.54, 1.807) is 0 Å². The summed E-state index contributed by atoms with van der Waals surface area (Å²) in [5.74, 6) is -0.583. The molecular weight excluding hydrogens is 429 g/mol. The van der Waals surface area contributed by atoms with E-state index >= 15 is 0 Å². The zero-order valence-corrected chi connectivity index (χ0v) is 16.4. The van der Waals surface area contributed by atoms with E-state index in [1.165, 1.54) is 42.6 Å². The summed E-state index contributed by atoms with van der Waals surface area (Å²) in [6.07, 6.45) is 1.34. The Bertz CT molecular complexity index is 1220. The maximum Gasteiger partial charge on any atom is 0.265 e. The molecule has 3 aromatic rings. The molecule has 0 unspecified atom stereocenters. The maximum atomic E-state index is 13.0. The van der Waals surface area contributed by atoms with Gasteiger partial charge in [0.05, 0.1) is 16.3 Å². The van der Waals surface area contributed by atoms with Crippen LogP contribution >= 0.6 is 11.6 Å². The smallest absolute Gasteiger partial charge is 0.265 e. The molecule has 2 aromatic carbocycles. The molecule has 0 radical (unpaired) electrons. The van der Waals surface area contributed by atoms with Gasteiger partial charge in [0.1, 0.15) is 15.9 Å². The zero-order valence-electron chi connectivity index (χ0n) is 14.0. The zero-order chi connectivity index (χ0) is 20.4. The number of pyridine rings is 1. The fourth-order valence-electron chi connectivity index (χ4n) is 2.25. The fourth-order valence-corrected chi connectivity index (χ4v) is 4.86. The highest BCUT2D eigenvalue weighted by Gasteiger charge is 2.22. The molecule has 0 spiro atoms. The van der Waals surface area contributed by atoms with Crippen LogP contribution in [0.4, 0.5) is 15.8 Å². The lowest BCUT2D eigenvalue weighted by molar-refractivity contribution is 0.597. The van der Waals surface area contributed by atoms with Crippen LogP contribution in [0.25, 0.3) is 0 Å². The number of hydrogen-bond acceptors (Lipinski definition) is 5. The number of anilines is 2. The minimum Gasteiger partial charge on any atom is -0.277 e. The summed E-state index contributed by atoms with van der Waals surface area (Å²) < 4.78 is 67.8. The van der Waals surface area contributed by atoms with Crippen LogP contribution in [-0.4, -0.2) is 21.8 Å². The van der Waals surface area contributed by atoms with Gasteiger partial charge >= 0.3 is 0 Å². The highest BCUT2D eigenvalue weighted by molar-refractivity contribution is 7.93. The van der Waals surface area contributed by atoms with Gasteiger partial charge in [0, 0.05) is 6.20 Å². The summed E-state index contributed by atoms with van der Waals surface area (Å²) in [7, 11) is -8.19. The Balaban J connectivity index is 1.94. The summed E-state index contributed by atoms with van der Waals surface area (Å²) in [5, 5.41) is -0.223. The molecule has 0 aliphatic rings. The number of aromatic nitrogens is 1. The van der Waals surface area contributed by atoms with Gasteiger partial charge in [0.25, 0.3) is 20.0 Å². The fraction of sp³-hybridized carbons (Fsp3) is 0. The van der Waals surface area contributed by atoms with Gasteiger partial charge in [0.2, 0.25) is 0 Å². The van der Waals surface area contributed by atoms with Crippen molar-refractivity contribution in [2.75, 3.05) is 9.44 Å². The molecule has 0 aliphatic carbocycles. The van der Waals surface area contributed by atoms with Crippen molar-refractivity contribution in [2.45, 2.75) is 9.79 Å². The SMILES string of the molecule is O=S(=O)(Nc1ccccc1NS(=O)(=O)c1cccnc1Cl)c1ccc(F)cc1. The third kappa shape index (κ3) is 4.41. The number of hydrogen-bond donors (Lipinski definition) is 2. The van der Waals surface area contributed by atoms with E-state index in [-0.39, 0.29) is 26.3 Å². The van der Waals surface area contributed by atoms with Crippen LogP contribution in [0.1, 0.15) is 0 Å². The van der Waals surface area contributed by atoms with E-state index in [4.69, 9.17) is 11.6 Å². The van der Waals surface area contributed by atoms with E-state index in [1.807, 2.05) is 0 Å². The molecule has 0 amide bonds. The van der Waals surface area contributed by atoms with Crippen LogP contribution in [0.15, 0.2) is 76.7 Å². The van der Waals surface area contributed by atoms with Crippen LogP contribution in [0.3, 0.4) is 0 Å². The molecule has 3 rings (SSSR count). The van der Waals surface area contributed by atoms with Gasteiger partial charge in [-0.05, 0) is 48.5 Å². The van der Waals surface area contributed by atoms with E-state index in [2.05, 4.69) is 14.4 Å². The number of sulfonamides is 2. The van der Waals surface area contributed by atoms with Crippen molar-refractivity contribution in [3.63, 3.8) is 0 Å². The van der Waals surface area contributed by atoms with Crippen molar-refractivity contribution in [2.24, 2.45) is 0 Å². The van der Waals surface area contributed by atoms with Gasteiger partial charge in [-0.1, -0.05) is 23.7 Å². The average molecular weight is 442 g/mol. The minimum atomic E-state index is -4.12. The molecule has 0 fully saturated rings. The van der Waals surface area contributed by atoms with E-state index < -0.39 is 25.9 Å². The number of benzene rings is 2. The van der Waals surface area contributed by atoms with Crippen molar-refractivity contribution in [3.8, 4) is 0 Å². The van der Waals surface area contributed by atoms with Crippen LogP contribution in [0.2, 0.25) is 5.15 Å². The Morgan fingerprint density at radius 2 is 1.36 bits per heavy atom. The predicted octanol–water partition coefficient (Wildman–Crippen LogP) is 3.48. The summed E-state index contributed by atoms with van der Waals surface area (Å²) >= 11 is 5.84. The first-order chi connectivity index (χ1) is 13.2. The van der Waals surface area contributed by atoms with E-state index in [9.17, 15) is 21.2 Å². The lowest BCUT2D eigenvalue weighted by Gasteiger charge is -2.15. The molecule has 7 nitrogen and oxygen atoms in total. The largest absolute Gasteiger partial charge is 0.277 e. The molecule has 0 bridgehead atoms. The van der Waals surface area contributed by atoms with Crippen LogP contribution in [0.5, 0.6) is 0 Å². The molecule has 11 heteroatoms.